The van der Waals surface area contributed by atoms with Crippen LogP contribution in [0.1, 0.15) is 35.0 Å². The van der Waals surface area contributed by atoms with E-state index in [4.69, 9.17) is 0 Å². The minimum atomic E-state index is -0.263. The molecule has 1 unspecified atom stereocenters. The molecule has 0 fully saturated rings. The zero-order chi connectivity index (χ0) is 12.3. The van der Waals surface area contributed by atoms with E-state index < -0.39 is 0 Å². The number of rotatable bonds is 3. The first-order valence-corrected chi connectivity index (χ1v) is 5.25. The van der Waals surface area contributed by atoms with E-state index in [2.05, 4.69) is 25.3 Å². The summed E-state index contributed by atoms with van der Waals surface area (Å²) in [6.07, 6.45) is 6.37. The van der Waals surface area contributed by atoms with Crippen LogP contribution in [0.15, 0.2) is 24.8 Å². The van der Waals surface area contributed by atoms with E-state index in [0.717, 1.165) is 5.69 Å². The Morgan fingerprint density at radius 1 is 1.35 bits per heavy atom. The number of hydrogen-bond acceptors (Lipinski definition) is 4. The minimum absolute atomic E-state index is 0.194. The van der Waals surface area contributed by atoms with Crippen LogP contribution in [0.3, 0.4) is 0 Å². The lowest BCUT2D eigenvalue weighted by Crippen LogP contribution is -2.28. The molecule has 0 radical (unpaired) electrons. The average Bonchev–Trinajstić information content (AvgIpc) is 2.83. The average molecular weight is 231 g/mol. The predicted octanol–water partition coefficient (Wildman–Crippen LogP) is 0.999. The number of aryl methyl sites for hydroxylation is 1. The molecule has 0 saturated heterocycles. The molecule has 2 heterocycles. The molecule has 0 aliphatic carbocycles. The molecule has 2 N–H and O–H groups in total. The SMILES string of the molecule is Cc1cnc(C(=O)NC(C)c2ncc[nH]2)cn1. The van der Waals surface area contributed by atoms with Gasteiger partial charge in [-0.15, -0.1) is 0 Å². The number of nitrogens with zero attached hydrogens (tertiary/aromatic N) is 3. The molecule has 0 spiro atoms. The molecule has 1 atom stereocenters. The summed E-state index contributed by atoms with van der Waals surface area (Å²) in [5.41, 5.74) is 1.08. The van der Waals surface area contributed by atoms with Crippen molar-refractivity contribution in [3.63, 3.8) is 0 Å². The maximum absolute atomic E-state index is 11.8. The van der Waals surface area contributed by atoms with Gasteiger partial charge in [0.15, 0.2) is 0 Å². The molecule has 2 aromatic rings. The van der Waals surface area contributed by atoms with Crippen molar-refractivity contribution in [2.45, 2.75) is 19.9 Å². The number of imidazole rings is 1. The highest BCUT2D eigenvalue weighted by Gasteiger charge is 2.13. The first kappa shape index (κ1) is 11.3. The molecular weight excluding hydrogens is 218 g/mol. The van der Waals surface area contributed by atoms with Crippen molar-refractivity contribution >= 4 is 5.91 Å². The quantitative estimate of drug-likeness (QED) is 0.825. The second kappa shape index (κ2) is 4.73. The van der Waals surface area contributed by atoms with Crippen LogP contribution in [-0.4, -0.2) is 25.8 Å². The van der Waals surface area contributed by atoms with E-state index in [1.807, 2.05) is 13.8 Å². The predicted molar refractivity (Wildman–Crippen MR) is 61.2 cm³/mol. The second-order valence-corrected chi connectivity index (χ2v) is 3.71. The summed E-state index contributed by atoms with van der Waals surface area (Å²) in [6, 6.07) is -0.194. The number of aromatic nitrogens is 4. The first-order valence-electron chi connectivity index (χ1n) is 5.25. The Balaban J connectivity index is 2.04. The summed E-state index contributed by atoms with van der Waals surface area (Å²) in [6.45, 7) is 3.67. The Hall–Kier alpha value is -2.24. The van der Waals surface area contributed by atoms with Crippen LogP contribution in [0, 0.1) is 6.92 Å². The van der Waals surface area contributed by atoms with Crippen LogP contribution in [0.2, 0.25) is 0 Å². The highest BCUT2D eigenvalue weighted by molar-refractivity contribution is 5.92. The summed E-state index contributed by atoms with van der Waals surface area (Å²) in [5.74, 6) is 0.444. The molecule has 2 aromatic heterocycles. The molecule has 0 saturated carbocycles. The minimum Gasteiger partial charge on any atom is -0.347 e. The smallest absolute Gasteiger partial charge is 0.272 e. The van der Waals surface area contributed by atoms with E-state index in [-0.39, 0.29) is 11.9 Å². The van der Waals surface area contributed by atoms with Crippen molar-refractivity contribution in [2.75, 3.05) is 0 Å². The van der Waals surface area contributed by atoms with Crippen LogP contribution >= 0.6 is 0 Å². The molecule has 0 aliphatic heterocycles. The van der Waals surface area contributed by atoms with Crippen LogP contribution in [0.4, 0.5) is 0 Å². The third kappa shape index (κ3) is 2.66. The number of amides is 1. The van der Waals surface area contributed by atoms with Gasteiger partial charge in [-0.1, -0.05) is 0 Å². The van der Waals surface area contributed by atoms with Gasteiger partial charge >= 0.3 is 0 Å². The largest absolute Gasteiger partial charge is 0.347 e. The fraction of sp³-hybridized carbons (Fsp3) is 0.273. The van der Waals surface area contributed by atoms with Gasteiger partial charge in [0.1, 0.15) is 11.5 Å². The Kier molecular flexibility index (Phi) is 3.13. The van der Waals surface area contributed by atoms with Crippen molar-refractivity contribution in [1.29, 1.82) is 0 Å². The number of H-pyrrole nitrogens is 1. The zero-order valence-corrected chi connectivity index (χ0v) is 9.64. The van der Waals surface area contributed by atoms with Gasteiger partial charge in [0.2, 0.25) is 0 Å². The van der Waals surface area contributed by atoms with E-state index >= 15 is 0 Å². The topological polar surface area (TPSA) is 83.6 Å². The van der Waals surface area contributed by atoms with Gasteiger partial charge in [-0.3, -0.25) is 9.78 Å². The highest BCUT2D eigenvalue weighted by atomic mass is 16.1. The van der Waals surface area contributed by atoms with E-state index in [1.54, 1.807) is 18.6 Å². The molecule has 1 amide bonds. The fourth-order valence-corrected chi connectivity index (χ4v) is 1.36. The molecule has 6 nitrogen and oxygen atoms in total. The lowest BCUT2D eigenvalue weighted by atomic mass is 10.3. The summed E-state index contributed by atoms with van der Waals surface area (Å²) in [5, 5.41) is 2.78. The van der Waals surface area contributed by atoms with Gasteiger partial charge in [-0.05, 0) is 13.8 Å². The molecule has 2 rings (SSSR count). The number of carbonyl (C=O) groups excluding carboxylic acids is 1. The van der Waals surface area contributed by atoms with E-state index in [1.165, 1.54) is 6.20 Å². The third-order valence-corrected chi connectivity index (χ3v) is 2.29. The van der Waals surface area contributed by atoms with Gasteiger partial charge in [0.25, 0.3) is 5.91 Å². The van der Waals surface area contributed by atoms with Crippen LogP contribution in [0.5, 0.6) is 0 Å². The zero-order valence-electron chi connectivity index (χ0n) is 9.64. The van der Waals surface area contributed by atoms with Crippen molar-refractivity contribution in [3.05, 3.63) is 42.0 Å². The van der Waals surface area contributed by atoms with Crippen LogP contribution in [0.25, 0.3) is 0 Å². The Morgan fingerprint density at radius 2 is 2.18 bits per heavy atom. The van der Waals surface area contributed by atoms with Gasteiger partial charge in [-0.25, -0.2) is 9.97 Å². The van der Waals surface area contributed by atoms with Crippen molar-refractivity contribution in [1.82, 2.24) is 25.3 Å². The summed E-state index contributed by atoms with van der Waals surface area (Å²) < 4.78 is 0. The Labute approximate surface area is 98.5 Å². The maximum Gasteiger partial charge on any atom is 0.272 e. The molecule has 0 aliphatic rings. The molecule has 17 heavy (non-hydrogen) atoms. The number of hydrogen-bond donors (Lipinski definition) is 2. The van der Waals surface area contributed by atoms with Crippen molar-refractivity contribution in [2.24, 2.45) is 0 Å². The highest BCUT2D eigenvalue weighted by Crippen LogP contribution is 2.06. The fourth-order valence-electron chi connectivity index (χ4n) is 1.36. The van der Waals surface area contributed by atoms with Crippen LogP contribution < -0.4 is 5.32 Å². The van der Waals surface area contributed by atoms with Crippen LogP contribution in [-0.2, 0) is 0 Å². The van der Waals surface area contributed by atoms with Crippen molar-refractivity contribution < 1.29 is 4.79 Å². The third-order valence-electron chi connectivity index (χ3n) is 2.29. The molecule has 88 valence electrons. The van der Waals surface area contributed by atoms with Gasteiger partial charge in [0.05, 0.1) is 17.9 Å². The number of nitrogens with one attached hydrogen (secondary N) is 2. The molecule has 6 heteroatoms. The standard InChI is InChI=1S/C11H13N5O/c1-7-5-15-9(6-14-7)11(17)16-8(2)10-12-3-4-13-10/h3-6,8H,1-2H3,(H,12,13)(H,16,17). The van der Waals surface area contributed by atoms with Gasteiger partial charge in [-0.2, -0.15) is 0 Å². The first-order chi connectivity index (χ1) is 8.16. The maximum atomic E-state index is 11.8. The second-order valence-electron chi connectivity index (χ2n) is 3.71. The molecule has 0 bridgehead atoms. The van der Waals surface area contributed by atoms with E-state index in [0.29, 0.717) is 11.5 Å². The van der Waals surface area contributed by atoms with E-state index in [9.17, 15) is 4.79 Å². The Morgan fingerprint density at radius 3 is 2.76 bits per heavy atom. The summed E-state index contributed by atoms with van der Waals surface area (Å²) in [4.78, 5) is 26.8. The summed E-state index contributed by atoms with van der Waals surface area (Å²) in [7, 11) is 0. The molecule has 0 aromatic carbocycles. The summed E-state index contributed by atoms with van der Waals surface area (Å²) >= 11 is 0. The lowest BCUT2D eigenvalue weighted by Gasteiger charge is -2.10. The van der Waals surface area contributed by atoms with Crippen molar-refractivity contribution in [3.8, 4) is 0 Å². The monoisotopic (exact) mass is 231 g/mol. The van der Waals surface area contributed by atoms with Gasteiger partial charge < -0.3 is 10.3 Å². The van der Waals surface area contributed by atoms with Gasteiger partial charge in [0, 0.05) is 18.6 Å². The normalized spacial score (nSPS) is 12.1. The molecular formula is C11H13N5O. The Bertz CT molecular complexity index is 491. The number of aromatic amines is 1. The number of carbonyl (C=O) groups is 1. The lowest BCUT2D eigenvalue weighted by molar-refractivity contribution is 0.0933.